The predicted octanol–water partition coefficient (Wildman–Crippen LogP) is 1.13. The van der Waals surface area contributed by atoms with Crippen molar-refractivity contribution in [1.82, 2.24) is 36.4 Å². The molecule has 0 aromatic heterocycles. The van der Waals surface area contributed by atoms with Crippen LogP contribution in [-0.2, 0) is 44.3 Å². The van der Waals surface area contributed by atoms with Gasteiger partial charge in [-0.1, -0.05) is 12.1 Å². The number of hydrogen-bond acceptors (Lipinski definition) is 16. The fraction of sp³-hybridized carbons (Fsp3) is 0.574. The van der Waals surface area contributed by atoms with Crippen LogP contribution in [0.25, 0.3) is 0 Å². The molecule has 12 N–H and O–H groups in total. The van der Waals surface area contributed by atoms with Crippen molar-refractivity contribution in [2.24, 2.45) is 21.0 Å². The highest BCUT2D eigenvalue weighted by atomic mass is 31.2. The fourth-order valence-electron chi connectivity index (χ4n) is 8.23. The van der Waals surface area contributed by atoms with Crippen LogP contribution in [0.3, 0.4) is 0 Å². The van der Waals surface area contributed by atoms with E-state index in [1.807, 2.05) is 21.1 Å². The largest absolute Gasteiger partial charge is 0.527 e. The highest BCUT2D eigenvalue weighted by Gasteiger charge is 2.47. The number of rotatable bonds is 29. The van der Waals surface area contributed by atoms with Crippen LogP contribution in [0.4, 0.5) is 11.4 Å². The first-order chi connectivity index (χ1) is 34.9. The van der Waals surface area contributed by atoms with Crippen molar-refractivity contribution >= 4 is 66.9 Å². The number of guanidine groups is 1. The summed E-state index contributed by atoms with van der Waals surface area (Å²) in [6.45, 7) is 5.58. The summed E-state index contributed by atoms with van der Waals surface area (Å²) in [5, 5.41) is 60.1. The Hall–Kier alpha value is -6.57. The number of carboxylic acids is 1. The number of nitrogens with zero attached hydrogens (tertiary/aromatic N) is 6. The number of aromatic hydroxyl groups is 1. The Kier molecular flexibility index (Phi) is 22.9. The molecule has 2 heterocycles. The summed E-state index contributed by atoms with van der Waals surface area (Å²) < 4.78 is 23.1. The maximum atomic E-state index is 14.5. The molecular weight excluding hydrogens is 986 g/mol. The average molecular weight is 1060 g/mol. The molecule has 8 atom stereocenters. The number of likely N-dealkylation sites (tertiary alicyclic amines) is 1. The number of carbonyl (C=O) groups is 6. The second-order valence-corrected chi connectivity index (χ2v) is 20.4. The Bertz CT molecular complexity index is 2380. The molecular formula is C47H73N13O13P+. The number of aliphatic imine (C=N–C) groups is 1. The van der Waals surface area contributed by atoms with Gasteiger partial charge in [0.25, 0.3) is 0 Å². The average Bonchev–Trinajstić information content (AvgIpc) is 3.93. The first-order valence-electron chi connectivity index (χ1n) is 24.4. The Balaban J connectivity index is 1.43. The number of phosphoric acid groups is 1. The second kappa shape index (κ2) is 28.2. The molecule has 27 heteroatoms. The van der Waals surface area contributed by atoms with Gasteiger partial charge in [0.1, 0.15) is 60.5 Å². The number of carbonyl (C=O) groups excluding carboxylic acids is 5. The van der Waals surface area contributed by atoms with E-state index in [4.69, 9.17) is 20.2 Å². The maximum Gasteiger partial charge on any atom is 0.527 e. The maximum absolute atomic E-state index is 14.5. The van der Waals surface area contributed by atoms with Crippen molar-refractivity contribution in [3.05, 3.63) is 48.0 Å². The highest BCUT2D eigenvalue weighted by Crippen LogP contribution is 2.44. The van der Waals surface area contributed by atoms with Gasteiger partial charge < -0.3 is 61.1 Å². The molecule has 0 radical (unpaired) electrons. The third-order valence-electron chi connectivity index (χ3n) is 12.0. The molecule has 0 bridgehead atoms. The van der Waals surface area contributed by atoms with Gasteiger partial charge in [-0.25, -0.2) is 9.36 Å². The number of aliphatic hydroxyl groups is 1. The number of nitrogens with one attached hydrogen (secondary N) is 6. The van der Waals surface area contributed by atoms with Crippen LogP contribution in [0.2, 0.25) is 0 Å². The monoisotopic (exact) mass is 1060 g/mol. The molecule has 2 fully saturated rings. The number of hydrogen-bond donors (Lipinski definition) is 11. The van der Waals surface area contributed by atoms with Crippen LogP contribution in [0.15, 0.2) is 57.7 Å². The first kappa shape index (κ1) is 60.0. The number of nitrogens with two attached hydrogens (primary N) is 1. The summed E-state index contributed by atoms with van der Waals surface area (Å²) in [6, 6.07) is 3.99. The van der Waals surface area contributed by atoms with Crippen LogP contribution < -0.4 is 36.8 Å². The zero-order chi connectivity index (χ0) is 54.8. The normalized spacial score (nSPS) is 19.4. The lowest BCUT2D eigenvalue weighted by Crippen LogP contribution is -2.58. The summed E-state index contributed by atoms with van der Waals surface area (Å²) in [5.74, 6) is -5.39. The number of aliphatic hydroxyl groups excluding tert-OH is 1. The van der Waals surface area contributed by atoms with Crippen molar-refractivity contribution in [3.8, 4) is 11.5 Å². The number of azo groups is 1. The minimum absolute atomic E-state index is 0.00320. The van der Waals surface area contributed by atoms with Gasteiger partial charge >= 0.3 is 13.8 Å². The second-order valence-electron chi connectivity index (χ2n) is 19.0. The van der Waals surface area contributed by atoms with E-state index in [9.17, 15) is 53.5 Å². The predicted molar refractivity (Wildman–Crippen MR) is 272 cm³/mol. The SMILES string of the molecule is C/C=N/CCCC[C@@H](C(=O)N1CCCC1C(=O)N[C@@H](CCCNC(=N)N)C(=O)NCC(=O)N[C@@H](Cc1cccc(O)c1/N=N/c1ccc(OP(=O)(O)OCC[N+](C)(C)C)cc1)C(=O)O)N1C(=O)C([C@@H](C)O)NC1C. The van der Waals surface area contributed by atoms with E-state index >= 15 is 0 Å². The van der Waals surface area contributed by atoms with Gasteiger partial charge in [-0.2, -0.15) is 5.11 Å². The summed E-state index contributed by atoms with van der Waals surface area (Å²) in [5.41, 5.74) is 5.72. The molecule has 2 aliphatic heterocycles. The molecule has 74 heavy (non-hydrogen) atoms. The van der Waals surface area contributed by atoms with E-state index in [-0.39, 0.29) is 86.2 Å². The van der Waals surface area contributed by atoms with Gasteiger partial charge in [0.05, 0.1) is 45.6 Å². The van der Waals surface area contributed by atoms with Gasteiger partial charge in [-0.05, 0) is 108 Å². The lowest BCUT2D eigenvalue weighted by molar-refractivity contribution is -0.870. The van der Waals surface area contributed by atoms with E-state index in [2.05, 4.69) is 41.8 Å². The third kappa shape index (κ3) is 18.7. The lowest BCUT2D eigenvalue weighted by Gasteiger charge is -2.35. The molecule has 0 saturated carbocycles. The lowest BCUT2D eigenvalue weighted by atomic mass is 10.0. The van der Waals surface area contributed by atoms with Crippen LogP contribution in [0, 0.1) is 5.41 Å². The van der Waals surface area contributed by atoms with Crippen molar-refractivity contribution in [2.45, 2.75) is 115 Å². The zero-order valence-electron chi connectivity index (χ0n) is 42.7. The molecule has 2 aromatic carbocycles. The quantitative estimate of drug-likeness (QED) is 0.0136. The van der Waals surface area contributed by atoms with Crippen LogP contribution in [0.5, 0.6) is 11.5 Å². The number of aliphatic carboxylic acids is 1. The van der Waals surface area contributed by atoms with Crippen molar-refractivity contribution in [2.75, 3.05) is 60.5 Å². The van der Waals surface area contributed by atoms with Crippen LogP contribution >= 0.6 is 7.82 Å². The van der Waals surface area contributed by atoms with Gasteiger partial charge in [0, 0.05) is 26.1 Å². The van der Waals surface area contributed by atoms with Crippen molar-refractivity contribution in [1.29, 1.82) is 5.41 Å². The van der Waals surface area contributed by atoms with Crippen molar-refractivity contribution in [3.63, 3.8) is 0 Å². The number of likely N-dealkylation sites (N-methyl/N-ethyl adjacent to an activating group) is 1. The Labute approximate surface area is 430 Å². The number of unbranched alkanes of at least 4 members (excludes halogenated alkanes) is 1. The molecule has 2 aromatic rings. The van der Waals surface area contributed by atoms with Crippen LogP contribution in [-0.4, -0.2) is 185 Å². The minimum Gasteiger partial charge on any atom is -0.506 e. The molecule has 408 valence electrons. The van der Waals surface area contributed by atoms with Gasteiger partial charge in [0.2, 0.25) is 29.5 Å². The number of phenolic OH excluding ortho intramolecular Hbond substituents is 1. The van der Waals surface area contributed by atoms with E-state index in [0.29, 0.717) is 36.8 Å². The fourth-order valence-corrected chi connectivity index (χ4v) is 8.98. The van der Waals surface area contributed by atoms with E-state index < -0.39 is 92.4 Å². The third-order valence-corrected chi connectivity index (χ3v) is 13.0. The number of quaternary nitrogens is 1. The van der Waals surface area contributed by atoms with E-state index in [1.165, 1.54) is 59.2 Å². The van der Waals surface area contributed by atoms with Gasteiger partial charge in [-0.3, -0.25) is 49.1 Å². The van der Waals surface area contributed by atoms with E-state index in [1.54, 1.807) is 20.1 Å². The summed E-state index contributed by atoms with van der Waals surface area (Å²) in [6.07, 6.45) is 2.04. The van der Waals surface area contributed by atoms with E-state index in [0.717, 1.165) is 0 Å². The number of benzene rings is 2. The number of amides is 5. The molecule has 2 aliphatic rings. The molecule has 26 nitrogen and oxygen atoms in total. The summed E-state index contributed by atoms with van der Waals surface area (Å²) in [4.78, 5) is 98.8. The first-order valence-corrected chi connectivity index (χ1v) is 25.9. The molecule has 2 saturated heterocycles. The van der Waals surface area contributed by atoms with Crippen LogP contribution in [0.1, 0.15) is 71.3 Å². The minimum atomic E-state index is -4.43. The topological polar surface area (TPSA) is 372 Å². The smallest absolute Gasteiger partial charge is 0.506 e. The molecule has 4 rings (SSSR count). The molecule has 0 aliphatic carbocycles. The Morgan fingerprint density at radius 3 is 2.38 bits per heavy atom. The summed E-state index contributed by atoms with van der Waals surface area (Å²) >= 11 is 0. The molecule has 5 amide bonds. The standard InChI is InChI=1S/C47H72N13O13P/c1-7-50-22-9-8-15-37(59-30(3)53-40(29(2)61)45(59)67)44(66)58-24-12-16-36(58)43(65)55-34(14-11-23-51-47(48)49)42(64)52-28-39(63)54-35(46(68)69)27-31-13-10-17-38(62)41(31)57-56-32-18-20-33(21-19-32)73-74(70,71)72-26-25-60(4,5)6/h7,10,13,17-21,29-30,34-37,40,53,61H,8-9,11-12,14-16,22-28H2,1-6H3,(H9-,48,49,51,52,54,55,56,62,63,64,65,68,69,70,71)/p+1/b50-7+/t29-,30?,34+,35+,36?,37+,40?/m1/s1. The highest BCUT2D eigenvalue weighted by molar-refractivity contribution is 7.47. The Morgan fingerprint density at radius 1 is 1.03 bits per heavy atom. The van der Waals surface area contributed by atoms with Gasteiger partial charge in [0.15, 0.2) is 5.96 Å². The number of carboxylic acid groups (broad SMARTS) is 1. The molecule has 4 unspecified atom stereocenters. The van der Waals surface area contributed by atoms with Crippen molar-refractivity contribution < 1.29 is 67.1 Å². The Morgan fingerprint density at radius 2 is 1.74 bits per heavy atom. The molecule has 0 spiro atoms. The number of phosphoric ester groups is 1. The van der Waals surface area contributed by atoms with Gasteiger partial charge in [-0.15, -0.1) is 5.11 Å². The summed E-state index contributed by atoms with van der Waals surface area (Å²) in [7, 11) is 1.26. The zero-order valence-corrected chi connectivity index (χ0v) is 43.6. The number of phenols is 1.